The minimum Gasteiger partial charge on any atom is -0.496 e. The normalized spacial score (nSPS) is 10.2. The highest BCUT2D eigenvalue weighted by molar-refractivity contribution is 5.89. The fourth-order valence-electron chi connectivity index (χ4n) is 2.28. The molecular weight excluding hydrogens is 326 g/mol. The fraction of sp³-hybridized carbons (Fsp3) is 0.235. The van der Waals surface area contributed by atoms with Crippen molar-refractivity contribution in [2.45, 2.75) is 6.54 Å². The van der Waals surface area contributed by atoms with Gasteiger partial charge in [-0.15, -0.1) is 0 Å². The molecule has 2 N–H and O–H groups in total. The lowest BCUT2D eigenvalue weighted by molar-refractivity contribution is -0.384. The molecule has 2 aromatic carbocycles. The second-order valence-corrected chi connectivity index (χ2v) is 5.19. The van der Waals surface area contributed by atoms with E-state index in [0.29, 0.717) is 11.4 Å². The first kappa shape index (κ1) is 18.2. The molecular formula is C17H19N3O5. The van der Waals surface area contributed by atoms with Crippen molar-refractivity contribution in [3.63, 3.8) is 0 Å². The average Bonchev–Trinajstić information content (AvgIpc) is 2.62. The van der Waals surface area contributed by atoms with Gasteiger partial charge in [0.25, 0.3) is 5.69 Å². The Hall–Kier alpha value is -3.13. The standard InChI is InChI=1S/C17H19N3O5/c1-25-16-5-3-2-4-13(16)12-19(10-11-21)17(22)18-14-6-8-15(9-7-14)20(23)24/h2-9,21H,10-12H2,1H3,(H,18,22). The van der Waals surface area contributed by atoms with Crippen LogP contribution in [-0.2, 0) is 6.54 Å². The molecule has 25 heavy (non-hydrogen) atoms. The summed E-state index contributed by atoms with van der Waals surface area (Å²) in [6, 6.07) is 12.4. The number of carbonyl (C=O) groups is 1. The van der Waals surface area contributed by atoms with Gasteiger partial charge in [-0.1, -0.05) is 18.2 Å². The molecule has 0 aromatic heterocycles. The third-order valence-electron chi connectivity index (χ3n) is 3.54. The molecule has 0 heterocycles. The number of amides is 2. The predicted octanol–water partition coefficient (Wildman–Crippen LogP) is 2.63. The van der Waals surface area contributed by atoms with Gasteiger partial charge in [0.05, 0.1) is 25.2 Å². The highest BCUT2D eigenvalue weighted by atomic mass is 16.6. The number of hydrogen-bond donors (Lipinski definition) is 2. The molecule has 2 rings (SSSR count). The summed E-state index contributed by atoms with van der Waals surface area (Å²) in [7, 11) is 1.55. The third kappa shape index (κ3) is 4.92. The van der Waals surface area contributed by atoms with Crippen molar-refractivity contribution in [3.8, 4) is 5.75 Å². The Balaban J connectivity index is 2.10. The van der Waals surface area contributed by atoms with E-state index in [1.807, 2.05) is 18.2 Å². The molecule has 0 unspecified atom stereocenters. The van der Waals surface area contributed by atoms with Crippen LogP contribution >= 0.6 is 0 Å². The lowest BCUT2D eigenvalue weighted by atomic mass is 10.2. The number of ether oxygens (including phenoxy) is 1. The number of carbonyl (C=O) groups excluding carboxylic acids is 1. The van der Waals surface area contributed by atoms with Gasteiger partial charge in [0.2, 0.25) is 0 Å². The Morgan fingerprint density at radius 3 is 2.52 bits per heavy atom. The van der Waals surface area contributed by atoms with Gasteiger partial charge in [-0.2, -0.15) is 0 Å². The van der Waals surface area contributed by atoms with Crippen LogP contribution in [0.3, 0.4) is 0 Å². The summed E-state index contributed by atoms with van der Waals surface area (Å²) < 4.78 is 5.27. The number of aliphatic hydroxyl groups is 1. The number of methoxy groups -OCH3 is 1. The van der Waals surface area contributed by atoms with E-state index in [-0.39, 0.29) is 25.4 Å². The Kier molecular flexibility index (Phi) is 6.30. The van der Waals surface area contributed by atoms with Crippen LogP contribution in [0.4, 0.5) is 16.2 Å². The molecule has 0 aliphatic heterocycles. The first-order valence-corrected chi connectivity index (χ1v) is 7.58. The van der Waals surface area contributed by atoms with E-state index < -0.39 is 11.0 Å². The lowest BCUT2D eigenvalue weighted by Crippen LogP contribution is -2.36. The van der Waals surface area contributed by atoms with Gasteiger partial charge in [-0.25, -0.2) is 4.79 Å². The Bertz CT molecular complexity index is 733. The van der Waals surface area contributed by atoms with Gasteiger partial charge in [0.15, 0.2) is 0 Å². The number of rotatable bonds is 7. The van der Waals surface area contributed by atoms with Crippen LogP contribution in [0.2, 0.25) is 0 Å². The van der Waals surface area contributed by atoms with Crippen molar-refractivity contribution < 1.29 is 19.6 Å². The minimum absolute atomic E-state index is 0.0563. The summed E-state index contributed by atoms with van der Waals surface area (Å²) in [6.07, 6.45) is 0. The maximum atomic E-state index is 12.5. The van der Waals surface area contributed by atoms with Crippen LogP contribution in [0.25, 0.3) is 0 Å². The maximum absolute atomic E-state index is 12.5. The summed E-state index contributed by atoms with van der Waals surface area (Å²) in [5.41, 5.74) is 1.18. The first-order chi connectivity index (χ1) is 12.0. The third-order valence-corrected chi connectivity index (χ3v) is 3.54. The number of urea groups is 1. The molecule has 2 aromatic rings. The molecule has 0 saturated carbocycles. The maximum Gasteiger partial charge on any atom is 0.322 e. The zero-order chi connectivity index (χ0) is 18.2. The molecule has 132 valence electrons. The molecule has 0 aliphatic carbocycles. The second-order valence-electron chi connectivity index (χ2n) is 5.19. The van der Waals surface area contributed by atoms with Crippen molar-refractivity contribution in [1.82, 2.24) is 4.90 Å². The number of nitro groups is 1. The van der Waals surface area contributed by atoms with Crippen molar-refractivity contribution in [2.24, 2.45) is 0 Å². The summed E-state index contributed by atoms with van der Waals surface area (Å²) in [5, 5.41) is 22.6. The monoisotopic (exact) mass is 345 g/mol. The van der Waals surface area contributed by atoms with Crippen LogP contribution in [0.1, 0.15) is 5.56 Å². The van der Waals surface area contributed by atoms with Crippen molar-refractivity contribution in [2.75, 3.05) is 25.6 Å². The van der Waals surface area contributed by atoms with Crippen LogP contribution < -0.4 is 10.1 Å². The van der Waals surface area contributed by atoms with Crippen LogP contribution in [-0.4, -0.2) is 41.2 Å². The molecule has 2 amide bonds. The van der Waals surface area contributed by atoms with Gasteiger partial charge < -0.3 is 20.1 Å². The van der Waals surface area contributed by atoms with Gasteiger partial charge in [-0.05, 0) is 18.2 Å². The van der Waals surface area contributed by atoms with E-state index in [9.17, 15) is 20.0 Å². The van der Waals surface area contributed by atoms with Crippen LogP contribution in [0.5, 0.6) is 5.75 Å². The van der Waals surface area contributed by atoms with E-state index >= 15 is 0 Å². The molecule has 0 spiro atoms. The summed E-state index contributed by atoms with van der Waals surface area (Å²) in [4.78, 5) is 24.0. The SMILES string of the molecule is COc1ccccc1CN(CCO)C(=O)Nc1ccc([N+](=O)[O-])cc1. The summed E-state index contributed by atoms with van der Waals surface area (Å²) in [5.74, 6) is 0.647. The number of nitro benzene ring substituents is 1. The Morgan fingerprint density at radius 1 is 1.24 bits per heavy atom. The molecule has 0 aliphatic rings. The van der Waals surface area contributed by atoms with Gasteiger partial charge in [0, 0.05) is 29.9 Å². The first-order valence-electron chi connectivity index (χ1n) is 7.58. The quantitative estimate of drug-likeness (QED) is 0.593. The molecule has 0 saturated heterocycles. The molecule has 0 radical (unpaired) electrons. The number of nitrogens with one attached hydrogen (secondary N) is 1. The van der Waals surface area contributed by atoms with Gasteiger partial charge in [-0.3, -0.25) is 10.1 Å². The number of anilines is 1. The summed E-state index contributed by atoms with van der Waals surface area (Å²) in [6.45, 7) is 0.198. The minimum atomic E-state index is -0.509. The number of hydrogen-bond acceptors (Lipinski definition) is 5. The number of para-hydroxylation sites is 1. The highest BCUT2D eigenvalue weighted by Crippen LogP contribution is 2.20. The van der Waals surface area contributed by atoms with E-state index in [2.05, 4.69) is 5.32 Å². The molecule has 8 nitrogen and oxygen atoms in total. The van der Waals surface area contributed by atoms with E-state index in [4.69, 9.17) is 4.74 Å². The van der Waals surface area contributed by atoms with Crippen molar-refractivity contribution in [3.05, 3.63) is 64.2 Å². The van der Waals surface area contributed by atoms with Gasteiger partial charge >= 0.3 is 6.03 Å². The molecule has 8 heteroatoms. The number of nitrogens with zero attached hydrogens (tertiary/aromatic N) is 2. The Labute approximate surface area is 144 Å². The number of non-ortho nitro benzene ring substituents is 1. The molecule has 0 atom stereocenters. The topological polar surface area (TPSA) is 105 Å². The van der Waals surface area contributed by atoms with E-state index in [0.717, 1.165) is 5.56 Å². The zero-order valence-corrected chi connectivity index (χ0v) is 13.7. The molecule has 0 fully saturated rings. The zero-order valence-electron chi connectivity index (χ0n) is 13.7. The number of aliphatic hydroxyl groups excluding tert-OH is 1. The second kappa shape index (κ2) is 8.65. The highest BCUT2D eigenvalue weighted by Gasteiger charge is 2.16. The van der Waals surface area contributed by atoms with E-state index in [1.54, 1.807) is 13.2 Å². The van der Waals surface area contributed by atoms with Crippen LogP contribution in [0.15, 0.2) is 48.5 Å². The smallest absolute Gasteiger partial charge is 0.322 e. The average molecular weight is 345 g/mol. The van der Waals surface area contributed by atoms with Crippen molar-refractivity contribution in [1.29, 1.82) is 0 Å². The lowest BCUT2D eigenvalue weighted by Gasteiger charge is -2.23. The molecule has 0 bridgehead atoms. The van der Waals surface area contributed by atoms with Crippen molar-refractivity contribution >= 4 is 17.4 Å². The fourth-order valence-corrected chi connectivity index (χ4v) is 2.28. The van der Waals surface area contributed by atoms with Gasteiger partial charge in [0.1, 0.15) is 5.75 Å². The summed E-state index contributed by atoms with van der Waals surface area (Å²) >= 11 is 0. The predicted molar refractivity (Wildman–Crippen MR) is 92.6 cm³/mol. The van der Waals surface area contributed by atoms with E-state index in [1.165, 1.54) is 29.2 Å². The Morgan fingerprint density at radius 2 is 1.92 bits per heavy atom. The largest absolute Gasteiger partial charge is 0.496 e. The number of benzene rings is 2. The van der Waals surface area contributed by atoms with Crippen LogP contribution in [0, 0.1) is 10.1 Å².